The number of carboxylic acids is 1. The molecule has 0 aliphatic carbocycles. The molecule has 1 atom stereocenters. The number of hydrogen-bond donors (Lipinski definition) is 2. The van der Waals surface area contributed by atoms with E-state index in [2.05, 4.69) is 10.4 Å². The van der Waals surface area contributed by atoms with Gasteiger partial charge in [0.15, 0.2) is 0 Å². The van der Waals surface area contributed by atoms with Gasteiger partial charge in [0, 0.05) is 31.0 Å². The van der Waals surface area contributed by atoms with Crippen LogP contribution in [-0.2, 0) is 23.1 Å². The monoisotopic (exact) mass is 301 g/mol. The molecule has 0 bridgehead atoms. The predicted octanol–water partition coefficient (Wildman–Crippen LogP) is 2.18. The number of nitrogens with zero attached hydrogens (tertiary/aromatic N) is 2. The molecule has 1 amide bonds. The van der Waals surface area contributed by atoms with Gasteiger partial charge in [-0.2, -0.15) is 5.10 Å². The van der Waals surface area contributed by atoms with Crippen LogP contribution in [-0.4, -0.2) is 26.8 Å². The molecule has 1 unspecified atom stereocenters. The summed E-state index contributed by atoms with van der Waals surface area (Å²) in [5.41, 5.74) is 2.37. The SMILES string of the molecule is CC(C(=O)O)c1ccc(NC(=O)CCc2ccnn2C)cc1. The van der Waals surface area contributed by atoms with Crippen LogP contribution in [0, 0.1) is 0 Å². The molecule has 1 aromatic carbocycles. The summed E-state index contributed by atoms with van der Waals surface area (Å²) in [6.45, 7) is 1.63. The van der Waals surface area contributed by atoms with E-state index < -0.39 is 11.9 Å². The summed E-state index contributed by atoms with van der Waals surface area (Å²) in [4.78, 5) is 22.8. The third-order valence-corrected chi connectivity index (χ3v) is 3.60. The number of anilines is 1. The van der Waals surface area contributed by atoms with Gasteiger partial charge in [-0.25, -0.2) is 0 Å². The minimum Gasteiger partial charge on any atom is -0.481 e. The van der Waals surface area contributed by atoms with Crippen molar-refractivity contribution >= 4 is 17.6 Å². The van der Waals surface area contributed by atoms with Gasteiger partial charge in [-0.05, 0) is 37.1 Å². The van der Waals surface area contributed by atoms with Gasteiger partial charge in [0.05, 0.1) is 5.92 Å². The van der Waals surface area contributed by atoms with Crippen molar-refractivity contribution in [3.05, 3.63) is 47.8 Å². The van der Waals surface area contributed by atoms with Crippen LogP contribution in [0.25, 0.3) is 0 Å². The Morgan fingerprint density at radius 2 is 1.95 bits per heavy atom. The molecule has 0 aliphatic rings. The van der Waals surface area contributed by atoms with E-state index in [1.165, 1.54) is 0 Å². The lowest BCUT2D eigenvalue weighted by Gasteiger charge is -2.09. The number of rotatable bonds is 6. The summed E-state index contributed by atoms with van der Waals surface area (Å²) in [7, 11) is 1.84. The number of carbonyl (C=O) groups excluding carboxylic acids is 1. The van der Waals surface area contributed by atoms with Gasteiger partial charge >= 0.3 is 5.97 Å². The number of carbonyl (C=O) groups is 2. The highest BCUT2D eigenvalue weighted by Gasteiger charge is 2.13. The summed E-state index contributed by atoms with van der Waals surface area (Å²) in [6.07, 6.45) is 2.69. The maximum absolute atomic E-state index is 11.9. The molecule has 0 fully saturated rings. The van der Waals surface area contributed by atoms with Crippen LogP contribution < -0.4 is 5.32 Å². The van der Waals surface area contributed by atoms with Gasteiger partial charge < -0.3 is 10.4 Å². The van der Waals surface area contributed by atoms with Crippen molar-refractivity contribution in [2.24, 2.45) is 7.05 Å². The molecule has 6 heteroatoms. The fourth-order valence-corrected chi connectivity index (χ4v) is 2.11. The van der Waals surface area contributed by atoms with Gasteiger partial charge in [0.25, 0.3) is 0 Å². The molecule has 6 nitrogen and oxygen atoms in total. The van der Waals surface area contributed by atoms with Crippen LogP contribution in [0.1, 0.15) is 30.5 Å². The van der Waals surface area contributed by atoms with Gasteiger partial charge in [-0.15, -0.1) is 0 Å². The first-order valence-electron chi connectivity index (χ1n) is 7.07. The van der Waals surface area contributed by atoms with Gasteiger partial charge in [0.1, 0.15) is 0 Å². The first kappa shape index (κ1) is 15.8. The number of aryl methyl sites for hydroxylation is 2. The molecule has 0 aliphatic heterocycles. The highest BCUT2D eigenvalue weighted by atomic mass is 16.4. The Kier molecular flexibility index (Phi) is 4.93. The maximum atomic E-state index is 11.9. The highest BCUT2D eigenvalue weighted by Crippen LogP contribution is 2.18. The van der Waals surface area contributed by atoms with Crippen LogP contribution in [0.15, 0.2) is 36.5 Å². The Hall–Kier alpha value is -2.63. The van der Waals surface area contributed by atoms with Crippen molar-refractivity contribution in [3.8, 4) is 0 Å². The zero-order valence-electron chi connectivity index (χ0n) is 12.6. The average Bonchev–Trinajstić information content (AvgIpc) is 2.90. The molecule has 2 aromatic rings. The van der Waals surface area contributed by atoms with Crippen LogP contribution in [0.5, 0.6) is 0 Å². The highest BCUT2D eigenvalue weighted by molar-refractivity contribution is 5.90. The van der Waals surface area contributed by atoms with Crippen molar-refractivity contribution in [2.75, 3.05) is 5.32 Å². The number of hydrogen-bond acceptors (Lipinski definition) is 3. The fourth-order valence-electron chi connectivity index (χ4n) is 2.11. The maximum Gasteiger partial charge on any atom is 0.310 e. The summed E-state index contributed by atoms with van der Waals surface area (Å²) < 4.78 is 1.75. The first-order valence-corrected chi connectivity index (χ1v) is 7.07. The molecule has 0 saturated carbocycles. The molecule has 2 N–H and O–H groups in total. The van der Waals surface area contributed by atoms with Crippen molar-refractivity contribution < 1.29 is 14.7 Å². The predicted molar refractivity (Wildman–Crippen MR) is 82.7 cm³/mol. The van der Waals surface area contributed by atoms with Crippen LogP contribution in [0.3, 0.4) is 0 Å². The van der Waals surface area contributed by atoms with E-state index in [-0.39, 0.29) is 5.91 Å². The smallest absolute Gasteiger partial charge is 0.310 e. The van der Waals surface area contributed by atoms with Crippen LogP contribution >= 0.6 is 0 Å². The Morgan fingerprint density at radius 1 is 1.27 bits per heavy atom. The number of carboxylic acid groups (broad SMARTS) is 1. The van der Waals surface area contributed by atoms with Crippen molar-refractivity contribution in [1.82, 2.24) is 9.78 Å². The van der Waals surface area contributed by atoms with E-state index in [1.807, 2.05) is 13.1 Å². The lowest BCUT2D eigenvalue weighted by molar-refractivity contribution is -0.138. The van der Waals surface area contributed by atoms with E-state index >= 15 is 0 Å². The van der Waals surface area contributed by atoms with Gasteiger partial charge in [-0.3, -0.25) is 14.3 Å². The zero-order valence-corrected chi connectivity index (χ0v) is 12.6. The standard InChI is InChI=1S/C16H19N3O3/c1-11(16(21)22)12-3-5-13(6-4-12)18-15(20)8-7-14-9-10-17-19(14)2/h3-6,9-11H,7-8H2,1-2H3,(H,18,20)(H,21,22). The molecule has 116 valence electrons. The quantitative estimate of drug-likeness (QED) is 0.856. The Labute approximate surface area is 128 Å². The van der Waals surface area contributed by atoms with Crippen molar-refractivity contribution in [2.45, 2.75) is 25.7 Å². The van der Waals surface area contributed by atoms with Crippen molar-refractivity contribution in [1.29, 1.82) is 0 Å². The van der Waals surface area contributed by atoms with E-state index in [0.29, 0.717) is 24.1 Å². The van der Waals surface area contributed by atoms with E-state index in [9.17, 15) is 9.59 Å². The summed E-state index contributed by atoms with van der Waals surface area (Å²) >= 11 is 0. The van der Waals surface area contributed by atoms with Gasteiger partial charge in [0.2, 0.25) is 5.91 Å². The summed E-state index contributed by atoms with van der Waals surface area (Å²) in [5, 5.41) is 15.8. The Balaban J connectivity index is 1.89. The Bertz CT molecular complexity index is 662. The van der Waals surface area contributed by atoms with E-state index in [4.69, 9.17) is 5.11 Å². The number of amides is 1. The number of aromatic nitrogens is 2. The first-order chi connectivity index (χ1) is 10.5. The second-order valence-electron chi connectivity index (χ2n) is 5.18. The lowest BCUT2D eigenvalue weighted by Crippen LogP contribution is -2.13. The molecule has 2 rings (SSSR count). The number of benzene rings is 1. The zero-order chi connectivity index (χ0) is 16.1. The lowest BCUT2D eigenvalue weighted by atomic mass is 10.0. The van der Waals surface area contributed by atoms with Crippen molar-refractivity contribution in [3.63, 3.8) is 0 Å². The Morgan fingerprint density at radius 3 is 2.50 bits per heavy atom. The summed E-state index contributed by atoms with van der Waals surface area (Å²) in [6, 6.07) is 8.76. The molecular formula is C16H19N3O3. The topological polar surface area (TPSA) is 84.2 Å². The second-order valence-corrected chi connectivity index (χ2v) is 5.18. The van der Waals surface area contributed by atoms with E-state index in [0.717, 1.165) is 5.69 Å². The molecule has 0 saturated heterocycles. The minimum atomic E-state index is -0.868. The van der Waals surface area contributed by atoms with Crippen LogP contribution in [0.2, 0.25) is 0 Å². The number of nitrogens with one attached hydrogen (secondary N) is 1. The minimum absolute atomic E-state index is 0.0831. The normalized spacial score (nSPS) is 11.9. The van der Waals surface area contributed by atoms with E-state index in [1.54, 1.807) is 42.1 Å². The summed E-state index contributed by atoms with van der Waals surface area (Å²) in [5.74, 6) is -1.51. The molecular weight excluding hydrogens is 282 g/mol. The molecule has 1 heterocycles. The largest absolute Gasteiger partial charge is 0.481 e. The molecule has 0 spiro atoms. The van der Waals surface area contributed by atoms with Gasteiger partial charge in [-0.1, -0.05) is 12.1 Å². The molecule has 1 aromatic heterocycles. The molecule has 22 heavy (non-hydrogen) atoms. The average molecular weight is 301 g/mol. The third kappa shape index (κ3) is 3.94. The second kappa shape index (κ2) is 6.89. The van der Waals surface area contributed by atoms with Crippen LogP contribution in [0.4, 0.5) is 5.69 Å². The molecule has 0 radical (unpaired) electrons. The fraction of sp³-hybridized carbons (Fsp3) is 0.312. The third-order valence-electron chi connectivity index (χ3n) is 3.60. The number of aliphatic carboxylic acids is 1.